The minimum absolute atomic E-state index is 0.905. The van der Waals surface area contributed by atoms with Gasteiger partial charge in [0.25, 0.3) is 0 Å². The third kappa shape index (κ3) is 4.03. The normalized spacial score (nSPS) is 12.0. The van der Waals surface area contributed by atoms with Gasteiger partial charge in [0.2, 0.25) is 0 Å². The van der Waals surface area contributed by atoms with Gasteiger partial charge in [-0.15, -0.1) is 0 Å². The second-order valence-electron chi connectivity index (χ2n) is 13.2. The molecule has 0 amide bonds. The number of hydrogen-bond donors (Lipinski definition) is 0. The standard InChI is InChI=1S/C48H28O2/c1-2-11-31-28-46-42(25-30(31)10-1)41-27-34(21-23-45(41)50-46)48-38-17-5-3-15-36(38)47(37-16-4-6-18-39(37)48)33-13-9-12-29(24-33)32-20-22-44-40(26-32)35-14-7-8-19-43(35)49-44/h1-28H. The van der Waals surface area contributed by atoms with E-state index < -0.39 is 0 Å². The van der Waals surface area contributed by atoms with Crippen molar-refractivity contribution in [3.8, 4) is 33.4 Å². The Morgan fingerprint density at radius 1 is 0.240 bits per heavy atom. The molecular formula is C48H28O2. The van der Waals surface area contributed by atoms with Crippen molar-refractivity contribution in [2.45, 2.75) is 0 Å². The van der Waals surface area contributed by atoms with E-state index in [0.29, 0.717) is 0 Å². The van der Waals surface area contributed by atoms with Gasteiger partial charge in [0, 0.05) is 21.5 Å². The summed E-state index contributed by atoms with van der Waals surface area (Å²) in [7, 11) is 0. The van der Waals surface area contributed by atoms with Crippen LogP contribution in [0.2, 0.25) is 0 Å². The van der Waals surface area contributed by atoms with Crippen molar-refractivity contribution >= 4 is 76.2 Å². The number of furan rings is 2. The van der Waals surface area contributed by atoms with E-state index in [0.717, 1.165) is 43.9 Å². The summed E-state index contributed by atoms with van der Waals surface area (Å²) in [5.74, 6) is 0. The minimum Gasteiger partial charge on any atom is -0.456 e. The molecule has 11 rings (SSSR count). The van der Waals surface area contributed by atoms with Crippen molar-refractivity contribution in [2.24, 2.45) is 0 Å². The molecule has 2 heterocycles. The Hall–Kier alpha value is -6.64. The molecule has 2 heteroatoms. The highest BCUT2D eigenvalue weighted by atomic mass is 16.3. The van der Waals surface area contributed by atoms with Crippen LogP contribution in [-0.2, 0) is 0 Å². The van der Waals surface area contributed by atoms with E-state index in [1.54, 1.807) is 0 Å². The molecule has 0 aliphatic carbocycles. The minimum atomic E-state index is 0.905. The summed E-state index contributed by atoms with van der Waals surface area (Å²) in [6.07, 6.45) is 0. The third-order valence-corrected chi connectivity index (χ3v) is 10.4. The van der Waals surface area contributed by atoms with Gasteiger partial charge in [0.05, 0.1) is 0 Å². The smallest absolute Gasteiger partial charge is 0.136 e. The molecule has 0 saturated carbocycles. The SMILES string of the molecule is c1cc(-c2ccc3oc4ccccc4c3c2)cc(-c2c3ccccc3c(-c3ccc4oc5cc6ccccc6cc5c4c3)c3ccccc23)c1. The third-order valence-electron chi connectivity index (χ3n) is 10.4. The van der Waals surface area contributed by atoms with Crippen LogP contribution in [0.25, 0.3) is 110 Å². The first-order valence-corrected chi connectivity index (χ1v) is 17.1. The van der Waals surface area contributed by atoms with Crippen LogP contribution in [0, 0.1) is 0 Å². The number of para-hydroxylation sites is 1. The summed E-state index contributed by atoms with van der Waals surface area (Å²) in [6, 6.07) is 61.1. The number of hydrogen-bond acceptors (Lipinski definition) is 2. The van der Waals surface area contributed by atoms with Gasteiger partial charge < -0.3 is 8.83 Å². The van der Waals surface area contributed by atoms with E-state index in [1.807, 2.05) is 12.1 Å². The van der Waals surface area contributed by atoms with Gasteiger partial charge in [-0.05, 0) is 114 Å². The largest absolute Gasteiger partial charge is 0.456 e. The summed E-state index contributed by atoms with van der Waals surface area (Å²) in [5, 5.41) is 11.9. The summed E-state index contributed by atoms with van der Waals surface area (Å²) in [6.45, 7) is 0. The molecule has 2 nitrogen and oxygen atoms in total. The van der Waals surface area contributed by atoms with Crippen LogP contribution in [0.5, 0.6) is 0 Å². The van der Waals surface area contributed by atoms with E-state index in [2.05, 4.69) is 158 Å². The lowest BCUT2D eigenvalue weighted by molar-refractivity contribution is 0.669. The molecule has 0 unspecified atom stereocenters. The van der Waals surface area contributed by atoms with Crippen LogP contribution in [0.15, 0.2) is 179 Å². The predicted octanol–water partition coefficient (Wildman–Crippen LogP) is 13.9. The Bertz CT molecular complexity index is 3100. The number of fused-ring (bicyclic) bond motifs is 9. The number of rotatable bonds is 3. The fourth-order valence-corrected chi connectivity index (χ4v) is 8.13. The van der Waals surface area contributed by atoms with Crippen LogP contribution >= 0.6 is 0 Å². The van der Waals surface area contributed by atoms with Crippen molar-refractivity contribution in [1.29, 1.82) is 0 Å². The highest BCUT2D eigenvalue weighted by molar-refractivity contribution is 6.22. The van der Waals surface area contributed by atoms with E-state index in [-0.39, 0.29) is 0 Å². The quantitative estimate of drug-likeness (QED) is 0.180. The lowest BCUT2D eigenvalue weighted by Crippen LogP contribution is -1.91. The van der Waals surface area contributed by atoms with Crippen LogP contribution < -0.4 is 0 Å². The molecule has 0 atom stereocenters. The Labute approximate surface area is 287 Å². The van der Waals surface area contributed by atoms with Crippen molar-refractivity contribution in [3.05, 3.63) is 170 Å². The maximum atomic E-state index is 6.39. The van der Waals surface area contributed by atoms with Gasteiger partial charge in [-0.25, -0.2) is 0 Å². The van der Waals surface area contributed by atoms with Crippen LogP contribution in [0.4, 0.5) is 0 Å². The molecule has 0 saturated heterocycles. The lowest BCUT2D eigenvalue weighted by atomic mass is 9.85. The Morgan fingerprint density at radius 2 is 0.680 bits per heavy atom. The summed E-state index contributed by atoms with van der Waals surface area (Å²) in [4.78, 5) is 0. The predicted molar refractivity (Wildman–Crippen MR) is 210 cm³/mol. The maximum absolute atomic E-state index is 6.39. The highest BCUT2D eigenvalue weighted by Crippen LogP contribution is 2.45. The molecule has 11 aromatic rings. The fraction of sp³-hybridized carbons (Fsp3) is 0. The Morgan fingerprint density at radius 3 is 1.38 bits per heavy atom. The van der Waals surface area contributed by atoms with Gasteiger partial charge in [-0.2, -0.15) is 0 Å². The first-order chi connectivity index (χ1) is 24.8. The van der Waals surface area contributed by atoms with Gasteiger partial charge in [0.15, 0.2) is 0 Å². The summed E-state index contributed by atoms with van der Waals surface area (Å²) in [5.41, 5.74) is 10.9. The summed E-state index contributed by atoms with van der Waals surface area (Å²) >= 11 is 0. The van der Waals surface area contributed by atoms with Crippen molar-refractivity contribution in [2.75, 3.05) is 0 Å². The van der Waals surface area contributed by atoms with Crippen LogP contribution in [0.1, 0.15) is 0 Å². The topological polar surface area (TPSA) is 26.3 Å². The molecule has 50 heavy (non-hydrogen) atoms. The zero-order chi connectivity index (χ0) is 32.8. The Kier molecular flexibility index (Phi) is 5.70. The van der Waals surface area contributed by atoms with Crippen LogP contribution in [0.3, 0.4) is 0 Å². The molecular weight excluding hydrogens is 609 g/mol. The van der Waals surface area contributed by atoms with Crippen molar-refractivity contribution in [1.82, 2.24) is 0 Å². The van der Waals surface area contributed by atoms with Gasteiger partial charge in [-0.3, -0.25) is 0 Å². The van der Waals surface area contributed by atoms with Crippen molar-refractivity contribution in [3.63, 3.8) is 0 Å². The van der Waals surface area contributed by atoms with Crippen LogP contribution in [-0.4, -0.2) is 0 Å². The van der Waals surface area contributed by atoms with Gasteiger partial charge >= 0.3 is 0 Å². The maximum Gasteiger partial charge on any atom is 0.136 e. The molecule has 0 spiro atoms. The average Bonchev–Trinajstić information content (AvgIpc) is 3.73. The zero-order valence-corrected chi connectivity index (χ0v) is 27.0. The zero-order valence-electron chi connectivity index (χ0n) is 27.0. The van der Waals surface area contributed by atoms with Crippen molar-refractivity contribution < 1.29 is 8.83 Å². The molecule has 0 aliphatic rings. The molecule has 0 bridgehead atoms. The lowest BCUT2D eigenvalue weighted by Gasteiger charge is -2.18. The second-order valence-corrected chi connectivity index (χ2v) is 13.2. The molecule has 0 aliphatic heterocycles. The van der Waals surface area contributed by atoms with E-state index in [1.165, 1.54) is 65.7 Å². The molecule has 232 valence electrons. The van der Waals surface area contributed by atoms with E-state index in [9.17, 15) is 0 Å². The van der Waals surface area contributed by atoms with Gasteiger partial charge in [-0.1, -0.05) is 121 Å². The first-order valence-electron chi connectivity index (χ1n) is 17.1. The Balaban J connectivity index is 1.13. The first kappa shape index (κ1) is 27.3. The summed E-state index contributed by atoms with van der Waals surface area (Å²) < 4.78 is 12.5. The molecule has 0 radical (unpaired) electrons. The fourth-order valence-electron chi connectivity index (χ4n) is 8.13. The molecule has 0 fully saturated rings. The second kappa shape index (κ2) is 10.4. The molecule has 2 aromatic heterocycles. The van der Waals surface area contributed by atoms with E-state index in [4.69, 9.17) is 8.83 Å². The van der Waals surface area contributed by atoms with Gasteiger partial charge in [0.1, 0.15) is 22.3 Å². The average molecular weight is 637 g/mol. The highest BCUT2D eigenvalue weighted by Gasteiger charge is 2.19. The molecule has 0 N–H and O–H groups in total. The number of benzene rings is 9. The van der Waals surface area contributed by atoms with E-state index >= 15 is 0 Å². The molecule has 9 aromatic carbocycles. The monoisotopic (exact) mass is 636 g/mol.